The molecule has 25 heavy (non-hydrogen) atoms. The van der Waals surface area contributed by atoms with Crippen LogP contribution in [0.25, 0.3) is 11.4 Å². The third-order valence-electron chi connectivity index (χ3n) is 3.96. The standard InChI is InChI=1S/C19H21N3O2S/c1-13-8-9-17(24-4)15(10-13)12-25-19-21-20-18(22(19)2)14-6-5-7-16(11-14)23-3/h5-11H,12H2,1-4H3. The van der Waals surface area contributed by atoms with Crippen molar-refractivity contribution >= 4 is 11.8 Å². The van der Waals surface area contributed by atoms with Gasteiger partial charge in [0.05, 0.1) is 14.2 Å². The SMILES string of the molecule is COc1cccc(-c2nnc(SCc3cc(C)ccc3OC)n2C)c1. The van der Waals surface area contributed by atoms with Gasteiger partial charge in [0.25, 0.3) is 0 Å². The van der Waals surface area contributed by atoms with E-state index in [9.17, 15) is 0 Å². The first-order chi connectivity index (χ1) is 12.1. The van der Waals surface area contributed by atoms with Gasteiger partial charge in [-0.25, -0.2) is 0 Å². The first-order valence-electron chi connectivity index (χ1n) is 7.92. The van der Waals surface area contributed by atoms with E-state index in [2.05, 4.69) is 29.3 Å². The lowest BCUT2D eigenvalue weighted by Crippen LogP contribution is -1.96. The van der Waals surface area contributed by atoms with E-state index >= 15 is 0 Å². The Balaban J connectivity index is 1.81. The van der Waals surface area contributed by atoms with Crippen LogP contribution in [0.3, 0.4) is 0 Å². The first-order valence-corrected chi connectivity index (χ1v) is 8.91. The molecule has 0 aliphatic carbocycles. The molecule has 0 fully saturated rings. The topological polar surface area (TPSA) is 49.2 Å². The molecule has 0 atom stereocenters. The van der Waals surface area contributed by atoms with Crippen LogP contribution >= 0.6 is 11.8 Å². The van der Waals surface area contributed by atoms with Gasteiger partial charge in [0.15, 0.2) is 11.0 Å². The molecule has 0 N–H and O–H groups in total. The molecule has 0 aliphatic heterocycles. The molecule has 2 aromatic carbocycles. The highest BCUT2D eigenvalue weighted by Crippen LogP contribution is 2.30. The summed E-state index contributed by atoms with van der Waals surface area (Å²) in [4.78, 5) is 0. The largest absolute Gasteiger partial charge is 0.497 e. The van der Waals surface area contributed by atoms with Crippen molar-refractivity contribution in [3.8, 4) is 22.9 Å². The van der Waals surface area contributed by atoms with E-state index in [4.69, 9.17) is 9.47 Å². The lowest BCUT2D eigenvalue weighted by molar-refractivity contribution is 0.411. The third-order valence-corrected chi connectivity index (χ3v) is 5.02. The zero-order chi connectivity index (χ0) is 17.8. The zero-order valence-electron chi connectivity index (χ0n) is 14.8. The van der Waals surface area contributed by atoms with Crippen molar-refractivity contribution in [2.75, 3.05) is 14.2 Å². The number of methoxy groups -OCH3 is 2. The molecule has 3 aromatic rings. The fourth-order valence-electron chi connectivity index (χ4n) is 2.62. The molecule has 0 aliphatic rings. The molecule has 3 rings (SSSR count). The Bertz CT molecular complexity index is 877. The average molecular weight is 355 g/mol. The van der Waals surface area contributed by atoms with Crippen molar-refractivity contribution in [1.82, 2.24) is 14.8 Å². The molecule has 130 valence electrons. The molecule has 6 heteroatoms. The van der Waals surface area contributed by atoms with Gasteiger partial charge in [0.1, 0.15) is 11.5 Å². The number of aryl methyl sites for hydroxylation is 1. The molecule has 1 aromatic heterocycles. The van der Waals surface area contributed by atoms with Gasteiger partial charge in [-0.1, -0.05) is 41.6 Å². The zero-order valence-corrected chi connectivity index (χ0v) is 15.6. The van der Waals surface area contributed by atoms with Gasteiger partial charge in [0, 0.05) is 23.9 Å². The summed E-state index contributed by atoms with van der Waals surface area (Å²) in [5, 5.41) is 9.54. The Morgan fingerprint density at radius 3 is 2.64 bits per heavy atom. The van der Waals surface area contributed by atoms with Gasteiger partial charge < -0.3 is 14.0 Å². The number of benzene rings is 2. The Kier molecular flexibility index (Phi) is 5.28. The van der Waals surface area contributed by atoms with Crippen LogP contribution in [-0.2, 0) is 12.8 Å². The quantitative estimate of drug-likeness (QED) is 0.623. The fraction of sp³-hybridized carbons (Fsp3) is 0.263. The summed E-state index contributed by atoms with van der Waals surface area (Å²) in [5.41, 5.74) is 3.35. The minimum atomic E-state index is 0.773. The summed E-state index contributed by atoms with van der Waals surface area (Å²) >= 11 is 1.64. The van der Waals surface area contributed by atoms with Gasteiger partial charge in [0.2, 0.25) is 0 Å². The highest BCUT2D eigenvalue weighted by atomic mass is 32.2. The van der Waals surface area contributed by atoms with Crippen molar-refractivity contribution in [3.63, 3.8) is 0 Å². The van der Waals surface area contributed by atoms with Crippen molar-refractivity contribution in [2.45, 2.75) is 17.8 Å². The van der Waals surface area contributed by atoms with E-state index < -0.39 is 0 Å². The molecule has 0 radical (unpaired) electrons. The smallest absolute Gasteiger partial charge is 0.191 e. The van der Waals surface area contributed by atoms with E-state index in [-0.39, 0.29) is 0 Å². The Morgan fingerprint density at radius 2 is 1.88 bits per heavy atom. The lowest BCUT2D eigenvalue weighted by Gasteiger charge is -2.09. The summed E-state index contributed by atoms with van der Waals surface area (Å²) in [6.07, 6.45) is 0. The predicted octanol–water partition coefficient (Wildman–Crippen LogP) is 4.10. The molecule has 0 amide bonds. The number of hydrogen-bond acceptors (Lipinski definition) is 5. The van der Waals surface area contributed by atoms with E-state index in [1.165, 1.54) is 5.56 Å². The second-order valence-corrected chi connectivity index (χ2v) is 6.64. The van der Waals surface area contributed by atoms with Crippen LogP contribution in [0.1, 0.15) is 11.1 Å². The Morgan fingerprint density at radius 1 is 1.04 bits per heavy atom. The molecule has 0 spiro atoms. The van der Waals surface area contributed by atoms with Crippen LogP contribution in [0.15, 0.2) is 47.6 Å². The maximum absolute atomic E-state index is 5.45. The van der Waals surface area contributed by atoms with Gasteiger partial charge in [-0.3, -0.25) is 0 Å². The molecule has 0 saturated heterocycles. The molecule has 0 saturated carbocycles. The van der Waals surface area contributed by atoms with Gasteiger partial charge in [-0.15, -0.1) is 10.2 Å². The van der Waals surface area contributed by atoms with Gasteiger partial charge >= 0.3 is 0 Å². The fourth-order valence-corrected chi connectivity index (χ4v) is 3.51. The molecule has 0 unspecified atom stereocenters. The number of aromatic nitrogens is 3. The number of rotatable bonds is 6. The van der Waals surface area contributed by atoms with E-state index in [0.717, 1.165) is 39.4 Å². The summed E-state index contributed by atoms with van der Waals surface area (Å²) in [6, 6.07) is 14.0. The van der Waals surface area contributed by atoms with Crippen molar-refractivity contribution in [1.29, 1.82) is 0 Å². The van der Waals surface area contributed by atoms with Crippen LogP contribution in [0.5, 0.6) is 11.5 Å². The number of hydrogen-bond donors (Lipinski definition) is 0. The second-order valence-electron chi connectivity index (χ2n) is 5.70. The third kappa shape index (κ3) is 3.79. The molecule has 5 nitrogen and oxygen atoms in total. The summed E-state index contributed by atoms with van der Waals surface area (Å²) in [5.74, 6) is 3.29. The van der Waals surface area contributed by atoms with E-state index in [1.54, 1.807) is 26.0 Å². The van der Waals surface area contributed by atoms with E-state index in [1.807, 2.05) is 41.9 Å². The van der Waals surface area contributed by atoms with Crippen LogP contribution in [0, 0.1) is 6.92 Å². The minimum Gasteiger partial charge on any atom is -0.497 e. The number of nitrogens with zero attached hydrogens (tertiary/aromatic N) is 3. The molecule has 0 bridgehead atoms. The normalized spacial score (nSPS) is 10.7. The minimum absolute atomic E-state index is 0.773. The first kappa shape index (κ1) is 17.4. The summed E-state index contributed by atoms with van der Waals surface area (Å²) in [6.45, 7) is 2.08. The van der Waals surface area contributed by atoms with Crippen LogP contribution in [-0.4, -0.2) is 29.0 Å². The highest BCUT2D eigenvalue weighted by molar-refractivity contribution is 7.98. The van der Waals surface area contributed by atoms with Crippen LogP contribution in [0.4, 0.5) is 0 Å². The van der Waals surface area contributed by atoms with Crippen molar-refractivity contribution < 1.29 is 9.47 Å². The average Bonchev–Trinajstić information content (AvgIpc) is 3.00. The molecule has 1 heterocycles. The number of ether oxygens (including phenoxy) is 2. The van der Waals surface area contributed by atoms with Crippen molar-refractivity contribution in [3.05, 3.63) is 53.6 Å². The summed E-state index contributed by atoms with van der Waals surface area (Å²) in [7, 11) is 5.33. The summed E-state index contributed by atoms with van der Waals surface area (Å²) < 4.78 is 12.7. The van der Waals surface area contributed by atoms with E-state index in [0.29, 0.717) is 0 Å². The molecular weight excluding hydrogens is 334 g/mol. The van der Waals surface area contributed by atoms with Crippen molar-refractivity contribution in [2.24, 2.45) is 7.05 Å². The predicted molar refractivity (Wildman–Crippen MR) is 100 cm³/mol. The maximum atomic E-state index is 5.45. The van der Waals surface area contributed by atoms with Gasteiger partial charge in [-0.2, -0.15) is 0 Å². The monoisotopic (exact) mass is 355 g/mol. The Labute approximate surface area is 152 Å². The van der Waals surface area contributed by atoms with Gasteiger partial charge in [-0.05, 0) is 25.1 Å². The highest BCUT2D eigenvalue weighted by Gasteiger charge is 2.13. The molecular formula is C19H21N3O2S. The van der Waals surface area contributed by atoms with Crippen LogP contribution < -0.4 is 9.47 Å². The second kappa shape index (κ2) is 7.61. The number of thioether (sulfide) groups is 1. The lowest BCUT2D eigenvalue weighted by atomic mass is 10.1. The Hall–Kier alpha value is -2.47. The maximum Gasteiger partial charge on any atom is 0.191 e. The van der Waals surface area contributed by atoms with Crippen LogP contribution in [0.2, 0.25) is 0 Å².